The average Bonchev–Trinajstić information content (AvgIpc) is 2.69. The van der Waals surface area contributed by atoms with Crippen LogP contribution < -0.4 is 10.2 Å². The number of amides is 1. The van der Waals surface area contributed by atoms with Crippen LogP contribution in [0, 0.1) is 5.82 Å². The van der Waals surface area contributed by atoms with Gasteiger partial charge in [0, 0.05) is 0 Å². The number of sulfonamides is 1. The van der Waals surface area contributed by atoms with Gasteiger partial charge >= 0.3 is 0 Å². The summed E-state index contributed by atoms with van der Waals surface area (Å²) in [5.41, 5.74) is 1.04. The highest BCUT2D eigenvalue weighted by molar-refractivity contribution is 7.89. The van der Waals surface area contributed by atoms with Gasteiger partial charge in [-0.2, -0.15) is 4.31 Å². The standard InChI is InChI=1S/C20H24FN3O3S/c1-16(17-5-3-2-4-6-17)22-20(25)15-23-11-13-24(14-12-23)28(26,27)19-9-7-18(21)8-10-19/h2-10,16H,11-15H2,1H3,(H,22,25)/p+1/t16-/m0/s1. The highest BCUT2D eigenvalue weighted by atomic mass is 32.2. The normalized spacial score (nSPS) is 17.2. The lowest BCUT2D eigenvalue weighted by Crippen LogP contribution is -3.15. The van der Waals surface area contributed by atoms with Crippen LogP contribution in [0.2, 0.25) is 0 Å². The molecule has 1 aliphatic rings. The minimum atomic E-state index is -3.63. The van der Waals surface area contributed by atoms with E-state index in [1.165, 1.54) is 16.4 Å². The third kappa shape index (κ3) is 4.95. The Morgan fingerprint density at radius 2 is 1.71 bits per heavy atom. The zero-order chi connectivity index (χ0) is 20.1. The molecule has 0 unspecified atom stereocenters. The summed E-state index contributed by atoms with van der Waals surface area (Å²) in [4.78, 5) is 13.5. The SMILES string of the molecule is C[C@H](NC(=O)C[NH+]1CCN(S(=O)(=O)c2ccc(F)cc2)CC1)c1ccccc1. The molecule has 1 heterocycles. The molecular formula is C20H25FN3O3S+. The van der Waals surface area contributed by atoms with Crippen molar-refractivity contribution in [1.82, 2.24) is 9.62 Å². The van der Waals surface area contributed by atoms with Crippen LogP contribution in [0.1, 0.15) is 18.5 Å². The molecule has 2 aromatic carbocycles. The lowest BCUT2D eigenvalue weighted by molar-refractivity contribution is -0.895. The predicted octanol–water partition coefficient (Wildman–Crippen LogP) is 0.592. The molecule has 1 saturated heterocycles. The molecule has 1 aliphatic heterocycles. The van der Waals surface area contributed by atoms with Crippen LogP contribution in [-0.4, -0.2) is 51.4 Å². The van der Waals surface area contributed by atoms with Crippen molar-refractivity contribution in [3.8, 4) is 0 Å². The molecule has 28 heavy (non-hydrogen) atoms. The Morgan fingerprint density at radius 1 is 1.11 bits per heavy atom. The van der Waals surface area contributed by atoms with Crippen molar-refractivity contribution >= 4 is 15.9 Å². The van der Waals surface area contributed by atoms with E-state index in [0.717, 1.165) is 22.6 Å². The first-order valence-corrected chi connectivity index (χ1v) is 10.7. The summed E-state index contributed by atoms with van der Waals surface area (Å²) in [5.74, 6) is -0.523. The highest BCUT2D eigenvalue weighted by Crippen LogP contribution is 2.16. The van der Waals surface area contributed by atoms with Crippen molar-refractivity contribution < 1.29 is 22.5 Å². The second-order valence-electron chi connectivity index (χ2n) is 6.98. The fourth-order valence-electron chi connectivity index (χ4n) is 3.32. The van der Waals surface area contributed by atoms with Crippen LogP contribution in [0.4, 0.5) is 4.39 Å². The van der Waals surface area contributed by atoms with E-state index in [4.69, 9.17) is 0 Å². The van der Waals surface area contributed by atoms with Crippen LogP contribution in [0.25, 0.3) is 0 Å². The summed E-state index contributed by atoms with van der Waals surface area (Å²) in [5, 5.41) is 2.99. The number of halogens is 1. The zero-order valence-corrected chi connectivity index (χ0v) is 16.6. The molecule has 150 valence electrons. The molecule has 1 atom stereocenters. The van der Waals surface area contributed by atoms with Crippen LogP contribution in [0.15, 0.2) is 59.5 Å². The van der Waals surface area contributed by atoms with Gasteiger partial charge in [-0.3, -0.25) is 4.79 Å². The minimum absolute atomic E-state index is 0.0544. The van der Waals surface area contributed by atoms with Crippen LogP contribution >= 0.6 is 0 Å². The number of benzene rings is 2. The third-order valence-corrected chi connectivity index (χ3v) is 6.88. The number of carbonyl (C=O) groups is 1. The number of hydrogen-bond donors (Lipinski definition) is 2. The van der Waals surface area contributed by atoms with Gasteiger partial charge in [0.05, 0.1) is 37.1 Å². The van der Waals surface area contributed by atoms with E-state index in [1.54, 1.807) is 0 Å². The van der Waals surface area contributed by atoms with Crippen molar-refractivity contribution in [2.24, 2.45) is 0 Å². The van der Waals surface area contributed by atoms with Crippen molar-refractivity contribution in [3.63, 3.8) is 0 Å². The van der Waals surface area contributed by atoms with E-state index in [0.29, 0.717) is 32.7 Å². The van der Waals surface area contributed by atoms with Gasteiger partial charge in [0.25, 0.3) is 5.91 Å². The predicted molar refractivity (Wildman–Crippen MR) is 104 cm³/mol. The van der Waals surface area contributed by atoms with E-state index in [-0.39, 0.29) is 16.8 Å². The van der Waals surface area contributed by atoms with Gasteiger partial charge in [-0.05, 0) is 36.8 Å². The van der Waals surface area contributed by atoms with Crippen LogP contribution in [0.5, 0.6) is 0 Å². The summed E-state index contributed by atoms with van der Waals surface area (Å²) >= 11 is 0. The summed E-state index contributed by atoms with van der Waals surface area (Å²) in [6, 6.07) is 14.5. The van der Waals surface area contributed by atoms with Crippen molar-refractivity contribution in [2.45, 2.75) is 17.9 Å². The van der Waals surface area contributed by atoms with Crippen molar-refractivity contribution in [2.75, 3.05) is 32.7 Å². The molecule has 0 spiro atoms. The molecular weight excluding hydrogens is 381 g/mol. The second kappa shape index (κ2) is 8.81. The number of piperazine rings is 1. The van der Waals surface area contributed by atoms with Gasteiger partial charge in [0.1, 0.15) is 5.82 Å². The number of quaternary nitrogens is 1. The van der Waals surface area contributed by atoms with Gasteiger partial charge in [0.15, 0.2) is 6.54 Å². The van der Waals surface area contributed by atoms with Gasteiger partial charge in [0.2, 0.25) is 10.0 Å². The summed E-state index contributed by atoms with van der Waals surface area (Å²) in [6.45, 7) is 4.01. The minimum Gasteiger partial charge on any atom is -0.345 e. The topological polar surface area (TPSA) is 70.9 Å². The molecule has 3 rings (SSSR count). The zero-order valence-electron chi connectivity index (χ0n) is 15.8. The number of nitrogens with one attached hydrogen (secondary N) is 2. The molecule has 6 nitrogen and oxygen atoms in total. The molecule has 1 fully saturated rings. The second-order valence-corrected chi connectivity index (χ2v) is 8.92. The van der Waals surface area contributed by atoms with E-state index in [1.807, 2.05) is 37.3 Å². The van der Waals surface area contributed by atoms with Gasteiger partial charge in [-0.1, -0.05) is 30.3 Å². The van der Waals surface area contributed by atoms with Crippen molar-refractivity contribution in [3.05, 3.63) is 66.0 Å². The van der Waals surface area contributed by atoms with Crippen LogP contribution in [0.3, 0.4) is 0 Å². The van der Waals surface area contributed by atoms with Gasteiger partial charge < -0.3 is 10.2 Å². The Balaban J connectivity index is 1.51. The largest absolute Gasteiger partial charge is 0.345 e. The summed E-state index contributed by atoms with van der Waals surface area (Å²) in [7, 11) is -3.63. The lowest BCUT2D eigenvalue weighted by Gasteiger charge is -2.31. The maximum absolute atomic E-state index is 13.0. The maximum Gasteiger partial charge on any atom is 0.275 e. The maximum atomic E-state index is 13.0. The Hall–Kier alpha value is -2.29. The molecule has 8 heteroatoms. The molecule has 0 saturated carbocycles. The molecule has 2 N–H and O–H groups in total. The molecule has 0 aliphatic carbocycles. The molecule has 0 radical (unpaired) electrons. The first-order valence-electron chi connectivity index (χ1n) is 9.30. The number of rotatable bonds is 6. The number of carbonyl (C=O) groups excluding carboxylic acids is 1. The van der Waals surface area contributed by atoms with Crippen LogP contribution in [-0.2, 0) is 14.8 Å². The van der Waals surface area contributed by atoms with E-state index in [2.05, 4.69) is 5.32 Å². The Bertz CT molecular complexity index is 896. The summed E-state index contributed by atoms with van der Waals surface area (Å²) in [6.07, 6.45) is 0. The number of nitrogens with zero attached hydrogens (tertiary/aromatic N) is 1. The first kappa shape index (κ1) is 20.4. The fraction of sp³-hybridized carbons (Fsp3) is 0.350. The third-order valence-electron chi connectivity index (χ3n) is 4.97. The fourth-order valence-corrected chi connectivity index (χ4v) is 4.76. The van der Waals surface area contributed by atoms with Gasteiger partial charge in [-0.25, -0.2) is 12.8 Å². The summed E-state index contributed by atoms with van der Waals surface area (Å²) < 4.78 is 39.7. The first-order chi connectivity index (χ1) is 13.4. The Morgan fingerprint density at radius 3 is 2.32 bits per heavy atom. The number of hydrogen-bond acceptors (Lipinski definition) is 3. The highest BCUT2D eigenvalue weighted by Gasteiger charge is 2.31. The van der Waals surface area contributed by atoms with E-state index in [9.17, 15) is 17.6 Å². The average molecular weight is 407 g/mol. The lowest BCUT2D eigenvalue weighted by atomic mass is 10.1. The Kier molecular flexibility index (Phi) is 6.43. The molecule has 1 amide bonds. The van der Waals surface area contributed by atoms with Crippen molar-refractivity contribution in [1.29, 1.82) is 0 Å². The molecule has 0 aromatic heterocycles. The molecule has 2 aromatic rings. The van der Waals surface area contributed by atoms with E-state index < -0.39 is 15.8 Å². The Labute approximate surface area is 165 Å². The van der Waals surface area contributed by atoms with Gasteiger partial charge in [-0.15, -0.1) is 0 Å². The van der Waals surface area contributed by atoms with E-state index >= 15 is 0 Å². The quantitative estimate of drug-likeness (QED) is 0.738. The monoisotopic (exact) mass is 406 g/mol. The molecule has 0 bridgehead atoms. The smallest absolute Gasteiger partial charge is 0.275 e.